The third kappa shape index (κ3) is 4.64. The number of carbonyl (C=O) groups is 1. The second-order valence-electron chi connectivity index (χ2n) is 5.65. The van der Waals surface area contributed by atoms with Crippen molar-refractivity contribution in [1.82, 2.24) is 4.90 Å². The van der Waals surface area contributed by atoms with E-state index in [1.807, 2.05) is 17.0 Å². The fourth-order valence-electron chi connectivity index (χ4n) is 2.45. The maximum absolute atomic E-state index is 12.4. The monoisotopic (exact) mass is 325 g/mol. The lowest BCUT2D eigenvalue weighted by molar-refractivity contribution is -0.135. The van der Waals surface area contributed by atoms with Gasteiger partial charge in [0.05, 0.1) is 0 Å². The largest absolute Gasteiger partial charge is 0.338 e. The van der Waals surface area contributed by atoms with Gasteiger partial charge < -0.3 is 4.90 Å². The summed E-state index contributed by atoms with van der Waals surface area (Å²) in [6.45, 7) is 10.4. The summed E-state index contributed by atoms with van der Waals surface area (Å²) in [6, 6.07) is 8.72. The van der Waals surface area contributed by atoms with Crippen LogP contribution in [0.15, 0.2) is 28.7 Å². The molecule has 1 aromatic carbocycles. The number of carbonyl (C=O) groups excluding carboxylic acids is 1. The van der Waals surface area contributed by atoms with Crippen LogP contribution in [0, 0.1) is 0 Å². The van der Waals surface area contributed by atoms with E-state index in [0.29, 0.717) is 6.42 Å². The molecular weight excluding hydrogens is 302 g/mol. The SMILES string of the molecule is CC(CC(=O)N(C(C)C)C(C)C)c1ccc(Br)cc1. The van der Waals surface area contributed by atoms with Gasteiger partial charge in [0.2, 0.25) is 5.91 Å². The summed E-state index contributed by atoms with van der Waals surface area (Å²) in [5.41, 5.74) is 1.21. The molecule has 0 radical (unpaired) electrons. The van der Waals surface area contributed by atoms with Crippen LogP contribution in [0.5, 0.6) is 0 Å². The average Bonchev–Trinajstić information content (AvgIpc) is 2.28. The first-order valence-electron chi connectivity index (χ1n) is 6.89. The minimum absolute atomic E-state index is 0.236. The molecule has 0 saturated heterocycles. The van der Waals surface area contributed by atoms with E-state index in [1.54, 1.807) is 0 Å². The molecule has 1 amide bonds. The normalized spacial score (nSPS) is 12.8. The van der Waals surface area contributed by atoms with Crippen molar-refractivity contribution >= 4 is 21.8 Å². The maximum Gasteiger partial charge on any atom is 0.223 e. The van der Waals surface area contributed by atoms with Crippen molar-refractivity contribution in [2.45, 2.75) is 59.0 Å². The number of benzene rings is 1. The van der Waals surface area contributed by atoms with E-state index in [1.165, 1.54) is 5.56 Å². The molecule has 0 saturated carbocycles. The molecule has 0 bridgehead atoms. The lowest BCUT2D eigenvalue weighted by Gasteiger charge is -2.31. The van der Waals surface area contributed by atoms with E-state index < -0.39 is 0 Å². The maximum atomic E-state index is 12.4. The fourth-order valence-corrected chi connectivity index (χ4v) is 2.71. The summed E-state index contributed by atoms with van der Waals surface area (Å²) in [5, 5.41) is 0. The van der Waals surface area contributed by atoms with E-state index >= 15 is 0 Å². The van der Waals surface area contributed by atoms with Crippen molar-refractivity contribution in [3.05, 3.63) is 34.3 Å². The Hall–Kier alpha value is -0.830. The van der Waals surface area contributed by atoms with E-state index in [9.17, 15) is 4.79 Å². The van der Waals surface area contributed by atoms with Crippen LogP contribution in [0.1, 0.15) is 52.5 Å². The third-order valence-corrected chi connectivity index (χ3v) is 3.85. The van der Waals surface area contributed by atoms with Gasteiger partial charge in [0.1, 0.15) is 0 Å². The van der Waals surface area contributed by atoms with Crippen molar-refractivity contribution in [3.8, 4) is 0 Å². The minimum Gasteiger partial charge on any atom is -0.338 e. The van der Waals surface area contributed by atoms with Crippen molar-refractivity contribution in [1.29, 1.82) is 0 Å². The molecule has 1 rings (SSSR count). The van der Waals surface area contributed by atoms with Crippen LogP contribution in [-0.4, -0.2) is 22.9 Å². The Morgan fingerprint density at radius 1 is 1.05 bits per heavy atom. The third-order valence-electron chi connectivity index (χ3n) is 3.32. The van der Waals surface area contributed by atoms with E-state index in [2.05, 4.69) is 62.7 Å². The number of rotatable bonds is 5. The molecule has 0 aliphatic heterocycles. The Morgan fingerprint density at radius 2 is 1.53 bits per heavy atom. The summed E-state index contributed by atoms with van der Waals surface area (Å²) in [7, 11) is 0. The molecule has 1 aromatic rings. The highest BCUT2D eigenvalue weighted by Crippen LogP contribution is 2.23. The van der Waals surface area contributed by atoms with Crippen LogP contribution >= 0.6 is 15.9 Å². The second-order valence-corrected chi connectivity index (χ2v) is 6.56. The molecule has 3 heteroatoms. The van der Waals surface area contributed by atoms with Crippen LogP contribution < -0.4 is 0 Å². The topological polar surface area (TPSA) is 20.3 Å². The summed E-state index contributed by atoms with van der Waals surface area (Å²) in [5.74, 6) is 0.487. The Bertz CT molecular complexity index is 403. The van der Waals surface area contributed by atoms with Crippen LogP contribution in [-0.2, 0) is 4.79 Å². The summed E-state index contributed by atoms with van der Waals surface area (Å²) in [4.78, 5) is 14.4. The first-order valence-corrected chi connectivity index (χ1v) is 7.68. The molecule has 0 fully saturated rings. The molecule has 0 aromatic heterocycles. The molecule has 0 heterocycles. The van der Waals surface area contributed by atoms with Crippen molar-refractivity contribution < 1.29 is 4.79 Å². The molecular formula is C16H24BrNO. The lowest BCUT2D eigenvalue weighted by atomic mass is 9.96. The van der Waals surface area contributed by atoms with Crippen LogP contribution in [0.4, 0.5) is 0 Å². The lowest BCUT2D eigenvalue weighted by Crippen LogP contribution is -2.42. The van der Waals surface area contributed by atoms with Crippen LogP contribution in [0.2, 0.25) is 0 Å². The fraction of sp³-hybridized carbons (Fsp3) is 0.562. The zero-order valence-corrected chi connectivity index (χ0v) is 14.1. The molecule has 0 aliphatic rings. The van der Waals surface area contributed by atoms with Gasteiger partial charge in [-0.15, -0.1) is 0 Å². The zero-order valence-electron chi connectivity index (χ0n) is 12.5. The van der Waals surface area contributed by atoms with E-state index in [-0.39, 0.29) is 23.9 Å². The highest BCUT2D eigenvalue weighted by molar-refractivity contribution is 9.10. The smallest absolute Gasteiger partial charge is 0.223 e. The second kappa shape index (κ2) is 7.09. The van der Waals surface area contributed by atoms with Crippen molar-refractivity contribution in [2.24, 2.45) is 0 Å². The first-order chi connectivity index (χ1) is 8.82. The predicted molar refractivity (Wildman–Crippen MR) is 84.3 cm³/mol. The predicted octanol–water partition coefficient (Wildman–Crippen LogP) is 4.59. The summed E-state index contributed by atoms with van der Waals surface area (Å²) in [6.07, 6.45) is 0.567. The van der Waals surface area contributed by atoms with Gasteiger partial charge in [0.25, 0.3) is 0 Å². The Morgan fingerprint density at radius 3 is 1.95 bits per heavy atom. The summed E-state index contributed by atoms with van der Waals surface area (Å²) < 4.78 is 1.07. The van der Waals surface area contributed by atoms with E-state index in [4.69, 9.17) is 0 Å². The minimum atomic E-state index is 0.236. The number of hydrogen-bond acceptors (Lipinski definition) is 1. The van der Waals surface area contributed by atoms with Gasteiger partial charge in [-0.3, -0.25) is 4.79 Å². The van der Waals surface area contributed by atoms with E-state index in [0.717, 1.165) is 4.47 Å². The highest BCUT2D eigenvalue weighted by atomic mass is 79.9. The Kier molecular flexibility index (Phi) is 6.05. The van der Waals surface area contributed by atoms with Gasteiger partial charge in [-0.2, -0.15) is 0 Å². The molecule has 19 heavy (non-hydrogen) atoms. The molecule has 0 spiro atoms. The molecule has 106 valence electrons. The number of halogens is 1. The van der Waals surface area contributed by atoms with Gasteiger partial charge in [0, 0.05) is 23.0 Å². The Balaban J connectivity index is 2.72. The summed E-state index contributed by atoms with van der Waals surface area (Å²) >= 11 is 3.43. The van der Waals surface area contributed by atoms with Crippen LogP contribution in [0.25, 0.3) is 0 Å². The van der Waals surface area contributed by atoms with Gasteiger partial charge in [-0.05, 0) is 51.3 Å². The molecule has 2 nitrogen and oxygen atoms in total. The standard InChI is InChI=1S/C16H24BrNO/c1-11(2)18(12(3)4)16(19)10-13(5)14-6-8-15(17)9-7-14/h6-9,11-13H,10H2,1-5H3. The average molecular weight is 326 g/mol. The first kappa shape index (κ1) is 16.2. The quantitative estimate of drug-likeness (QED) is 0.775. The van der Waals surface area contributed by atoms with Crippen LogP contribution in [0.3, 0.4) is 0 Å². The molecule has 1 atom stereocenters. The highest BCUT2D eigenvalue weighted by Gasteiger charge is 2.22. The van der Waals surface area contributed by atoms with Gasteiger partial charge in [0.15, 0.2) is 0 Å². The Labute approximate surface area is 125 Å². The van der Waals surface area contributed by atoms with Crippen molar-refractivity contribution in [3.63, 3.8) is 0 Å². The molecule has 1 unspecified atom stereocenters. The number of nitrogens with zero attached hydrogens (tertiary/aromatic N) is 1. The van der Waals surface area contributed by atoms with Gasteiger partial charge >= 0.3 is 0 Å². The molecule has 0 N–H and O–H groups in total. The van der Waals surface area contributed by atoms with Gasteiger partial charge in [-0.1, -0.05) is 35.0 Å². The zero-order chi connectivity index (χ0) is 14.6. The number of amides is 1. The van der Waals surface area contributed by atoms with Gasteiger partial charge in [-0.25, -0.2) is 0 Å². The number of hydrogen-bond donors (Lipinski definition) is 0. The van der Waals surface area contributed by atoms with Crippen molar-refractivity contribution in [2.75, 3.05) is 0 Å². The molecule has 0 aliphatic carbocycles.